The molecule has 0 bridgehead atoms. The highest BCUT2D eigenvalue weighted by Crippen LogP contribution is 2.30. The molecule has 0 aliphatic carbocycles. The normalized spacial score (nSPS) is 18.0. The predicted molar refractivity (Wildman–Crippen MR) is 90.0 cm³/mol. The Morgan fingerprint density at radius 2 is 2.22 bits per heavy atom. The standard InChI is InChI=1S/C15H23N3O4S/c1-11-4-5-12(17-15(19)9-13(10-16)22-2)8-14(11)18-6-3-7-23(18,20)21/h4-5,8,13H,3,6-7,9-10,16H2,1-2H3,(H,17,19). The summed E-state index contributed by atoms with van der Waals surface area (Å²) in [6, 6.07) is 5.25. The number of carbonyl (C=O) groups excluding carboxylic acids is 1. The number of methoxy groups -OCH3 is 1. The Kier molecular flexibility index (Phi) is 5.61. The zero-order valence-corrected chi connectivity index (χ0v) is 14.2. The fourth-order valence-corrected chi connectivity index (χ4v) is 4.17. The van der Waals surface area contributed by atoms with Gasteiger partial charge in [-0.2, -0.15) is 0 Å². The number of nitrogens with one attached hydrogen (secondary N) is 1. The van der Waals surface area contributed by atoms with Crippen LogP contribution in [0.3, 0.4) is 0 Å². The van der Waals surface area contributed by atoms with E-state index in [9.17, 15) is 13.2 Å². The van der Waals surface area contributed by atoms with Gasteiger partial charge in [-0.05, 0) is 31.0 Å². The molecule has 1 aromatic rings. The second kappa shape index (κ2) is 7.29. The average molecular weight is 341 g/mol. The molecule has 1 amide bonds. The maximum absolute atomic E-state index is 12.1. The van der Waals surface area contributed by atoms with Crippen molar-refractivity contribution in [3.05, 3.63) is 23.8 Å². The highest BCUT2D eigenvalue weighted by molar-refractivity contribution is 7.93. The molecule has 0 radical (unpaired) electrons. The van der Waals surface area contributed by atoms with E-state index in [4.69, 9.17) is 10.5 Å². The minimum atomic E-state index is -3.25. The number of amides is 1. The number of nitrogens with zero attached hydrogens (tertiary/aromatic N) is 1. The lowest BCUT2D eigenvalue weighted by atomic mass is 10.1. The van der Waals surface area contributed by atoms with E-state index in [-0.39, 0.29) is 30.7 Å². The SMILES string of the molecule is COC(CN)CC(=O)Nc1ccc(C)c(N2CCCS2(=O)=O)c1. The van der Waals surface area contributed by atoms with Crippen molar-refractivity contribution in [3.63, 3.8) is 0 Å². The number of aryl methyl sites for hydroxylation is 1. The van der Waals surface area contributed by atoms with E-state index in [0.717, 1.165) is 5.56 Å². The molecule has 1 heterocycles. The molecule has 8 heteroatoms. The fourth-order valence-electron chi connectivity index (χ4n) is 2.55. The van der Waals surface area contributed by atoms with Gasteiger partial charge in [0, 0.05) is 25.9 Å². The van der Waals surface area contributed by atoms with Gasteiger partial charge in [0.1, 0.15) is 0 Å². The zero-order valence-electron chi connectivity index (χ0n) is 13.4. The number of carbonyl (C=O) groups is 1. The van der Waals surface area contributed by atoms with Crippen LogP contribution < -0.4 is 15.4 Å². The van der Waals surface area contributed by atoms with Crippen molar-refractivity contribution < 1.29 is 17.9 Å². The maximum Gasteiger partial charge on any atom is 0.235 e. The molecule has 0 saturated carbocycles. The highest BCUT2D eigenvalue weighted by Gasteiger charge is 2.29. The van der Waals surface area contributed by atoms with Gasteiger partial charge in [-0.25, -0.2) is 8.42 Å². The van der Waals surface area contributed by atoms with E-state index < -0.39 is 10.0 Å². The van der Waals surface area contributed by atoms with Gasteiger partial charge >= 0.3 is 0 Å². The number of benzene rings is 1. The van der Waals surface area contributed by atoms with Crippen molar-refractivity contribution in [3.8, 4) is 0 Å². The molecule has 3 N–H and O–H groups in total. The second-order valence-electron chi connectivity index (χ2n) is 5.59. The van der Waals surface area contributed by atoms with E-state index in [0.29, 0.717) is 24.3 Å². The summed E-state index contributed by atoms with van der Waals surface area (Å²) >= 11 is 0. The van der Waals surface area contributed by atoms with Gasteiger partial charge < -0.3 is 15.8 Å². The van der Waals surface area contributed by atoms with Crippen molar-refractivity contribution in [2.24, 2.45) is 5.73 Å². The summed E-state index contributed by atoms with van der Waals surface area (Å²) < 4.78 is 30.7. The maximum atomic E-state index is 12.1. The van der Waals surface area contributed by atoms with Crippen LogP contribution in [0.5, 0.6) is 0 Å². The Labute approximate surface area is 136 Å². The van der Waals surface area contributed by atoms with Crippen molar-refractivity contribution in [2.75, 3.05) is 35.6 Å². The number of nitrogens with two attached hydrogens (primary N) is 1. The molecule has 0 aromatic heterocycles. The summed E-state index contributed by atoms with van der Waals surface area (Å²) in [5, 5.41) is 2.76. The van der Waals surface area contributed by atoms with Gasteiger partial charge in [-0.15, -0.1) is 0 Å². The molecular formula is C15H23N3O4S. The summed E-state index contributed by atoms with van der Waals surface area (Å²) in [5.74, 6) is -0.0592. The molecule has 0 spiro atoms. The first-order valence-electron chi connectivity index (χ1n) is 7.51. The van der Waals surface area contributed by atoms with E-state index in [1.807, 2.05) is 6.92 Å². The summed E-state index contributed by atoms with van der Waals surface area (Å²) in [7, 11) is -1.74. The molecule has 1 saturated heterocycles. The smallest absolute Gasteiger partial charge is 0.235 e. The third-order valence-corrected chi connectivity index (χ3v) is 5.73. The molecule has 1 aromatic carbocycles. The van der Waals surface area contributed by atoms with Crippen molar-refractivity contribution in [2.45, 2.75) is 25.9 Å². The Morgan fingerprint density at radius 1 is 1.48 bits per heavy atom. The average Bonchev–Trinajstić information content (AvgIpc) is 2.86. The molecule has 128 valence electrons. The third kappa shape index (κ3) is 4.21. The van der Waals surface area contributed by atoms with Crippen LogP contribution in [0.2, 0.25) is 0 Å². The summed E-state index contributed by atoms with van der Waals surface area (Å²) in [6.07, 6.45) is 0.432. The third-order valence-electron chi connectivity index (χ3n) is 3.87. The lowest BCUT2D eigenvalue weighted by Crippen LogP contribution is -2.28. The van der Waals surface area contributed by atoms with Crippen LogP contribution in [0.1, 0.15) is 18.4 Å². The van der Waals surface area contributed by atoms with Gasteiger partial charge in [0.05, 0.1) is 24.0 Å². The van der Waals surface area contributed by atoms with Crippen LogP contribution in [0, 0.1) is 6.92 Å². The molecule has 23 heavy (non-hydrogen) atoms. The minimum absolute atomic E-state index is 0.151. The van der Waals surface area contributed by atoms with Crippen LogP contribution in [-0.4, -0.2) is 46.4 Å². The second-order valence-corrected chi connectivity index (χ2v) is 7.60. The van der Waals surface area contributed by atoms with E-state index in [2.05, 4.69) is 5.32 Å². The largest absolute Gasteiger partial charge is 0.380 e. The number of rotatable bonds is 6. The van der Waals surface area contributed by atoms with Gasteiger partial charge in [-0.3, -0.25) is 9.10 Å². The first-order chi connectivity index (χ1) is 10.9. The van der Waals surface area contributed by atoms with Crippen LogP contribution in [0.25, 0.3) is 0 Å². The summed E-state index contributed by atoms with van der Waals surface area (Å²) in [6.45, 7) is 2.58. The van der Waals surface area contributed by atoms with Crippen molar-refractivity contribution in [1.82, 2.24) is 0 Å². The highest BCUT2D eigenvalue weighted by atomic mass is 32.2. The number of ether oxygens (including phenoxy) is 1. The van der Waals surface area contributed by atoms with Gasteiger partial charge in [0.25, 0.3) is 0 Å². The van der Waals surface area contributed by atoms with Crippen LogP contribution in [0.4, 0.5) is 11.4 Å². The van der Waals surface area contributed by atoms with E-state index in [1.165, 1.54) is 11.4 Å². The topological polar surface area (TPSA) is 102 Å². The van der Waals surface area contributed by atoms with Crippen LogP contribution >= 0.6 is 0 Å². The Balaban J connectivity index is 2.16. The minimum Gasteiger partial charge on any atom is -0.380 e. The molecule has 1 fully saturated rings. The number of anilines is 2. The molecule has 1 aliphatic rings. The van der Waals surface area contributed by atoms with E-state index in [1.54, 1.807) is 18.2 Å². The summed E-state index contributed by atoms with van der Waals surface area (Å²) in [5.41, 5.74) is 7.53. The molecule has 7 nitrogen and oxygen atoms in total. The van der Waals surface area contributed by atoms with Crippen LogP contribution in [-0.2, 0) is 19.6 Å². The molecule has 1 atom stereocenters. The van der Waals surface area contributed by atoms with Gasteiger partial charge in [-0.1, -0.05) is 6.07 Å². The van der Waals surface area contributed by atoms with Gasteiger partial charge in [0.15, 0.2) is 0 Å². The first kappa shape index (κ1) is 17.7. The lowest BCUT2D eigenvalue weighted by molar-refractivity contribution is -0.118. The fraction of sp³-hybridized carbons (Fsp3) is 0.533. The lowest BCUT2D eigenvalue weighted by Gasteiger charge is -2.20. The number of hydrogen-bond acceptors (Lipinski definition) is 5. The zero-order chi connectivity index (χ0) is 17.0. The van der Waals surface area contributed by atoms with Gasteiger partial charge in [0.2, 0.25) is 15.9 Å². The summed E-state index contributed by atoms with van der Waals surface area (Å²) in [4.78, 5) is 12.0. The van der Waals surface area contributed by atoms with Crippen LogP contribution in [0.15, 0.2) is 18.2 Å². The Hall–Kier alpha value is -1.64. The Bertz CT molecular complexity index is 671. The predicted octanol–water partition coefficient (Wildman–Crippen LogP) is 0.837. The van der Waals surface area contributed by atoms with Crippen molar-refractivity contribution >= 4 is 27.3 Å². The molecular weight excluding hydrogens is 318 g/mol. The van der Waals surface area contributed by atoms with Crippen molar-refractivity contribution in [1.29, 1.82) is 0 Å². The molecule has 2 rings (SSSR count). The number of sulfonamides is 1. The molecule has 1 unspecified atom stereocenters. The monoisotopic (exact) mass is 341 g/mol. The number of hydrogen-bond donors (Lipinski definition) is 2. The molecule has 1 aliphatic heterocycles. The Morgan fingerprint density at radius 3 is 2.78 bits per heavy atom. The van der Waals surface area contributed by atoms with E-state index >= 15 is 0 Å². The first-order valence-corrected chi connectivity index (χ1v) is 9.12. The quantitative estimate of drug-likeness (QED) is 0.798.